The summed E-state index contributed by atoms with van der Waals surface area (Å²) >= 11 is 7.28. The molecular weight excluding hydrogens is 557 g/mol. The van der Waals surface area contributed by atoms with Crippen LogP contribution in [-0.4, -0.2) is 8.07 Å². The summed E-state index contributed by atoms with van der Waals surface area (Å²) in [6, 6.07) is 17.5. The van der Waals surface area contributed by atoms with E-state index in [2.05, 4.69) is 81.4 Å². The average molecular weight is 578 g/mol. The second kappa shape index (κ2) is 7.44. The summed E-state index contributed by atoms with van der Waals surface area (Å²) in [6.45, 7) is 6.66. The van der Waals surface area contributed by atoms with Gasteiger partial charge in [-0.3, -0.25) is 0 Å². The minimum Gasteiger partial charge on any atom is -0.166 e. The zero-order valence-electron chi connectivity index (χ0n) is 17.8. The number of allylic oxidation sites excluding steroid dienone is 1. The fourth-order valence-corrected chi connectivity index (χ4v) is 11.4. The maximum absolute atomic E-state index is 13.7. The van der Waals surface area contributed by atoms with Gasteiger partial charge in [0.15, 0.2) is 0 Å². The van der Waals surface area contributed by atoms with Gasteiger partial charge in [-0.25, -0.2) is 0 Å². The molecule has 32 heavy (non-hydrogen) atoms. The Hall–Kier alpha value is -1.63. The van der Waals surface area contributed by atoms with Gasteiger partial charge in [0, 0.05) is 20.0 Å². The lowest BCUT2D eigenvalue weighted by Crippen LogP contribution is -2.42. The minimum atomic E-state index is -4.36. The number of hydrogen-bond acceptors (Lipinski definition) is 0. The lowest BCUT2D eigenvalue weighted by atomic mass is 10.0. The summed E-state index contributed by atoms with van der Waals surface area (Å²) in [5.74, 6) is 0. The fraction of sp³-hybridized carbons (Fsp3) is 0.231. The van der Waals surface area contributed by atoms with Crippen LogP contribution in [0.3, 0.4) is 0 Å². The third-order valence-corrected chi connectivity index (χ3v) is 12.4. The zero-order chi connectivity index (χ0) is 23.0. The highest BCUT2D eigenvalue weighted by Crippen LogP contribution is 2.56. The standard InChI is InChI=1S/C26H21Br2F3Si/c1-14-11-20-19(5-4-6-23(20)26(29,30)31)24(14)32(2,3)25-21-12-15(27)7-9-17(21)18-10-8-16(28)13-22(18)25/h4-13,24-25H,1-3H3. The van der Waals surface area contributed by atoms with Crippen molar-refractivity contribution in [3.63, 3.8) is 0 Å². The molecule has 1 atom stereocenters. The Morgan fingerprint density at radius 3 is 1.88 bits per heavy atom. The highest BCUT2D eigenvalue weighted by Gasteiger charge is 2.49. The predicted octanol–water partition coefficient (Wildman–Crippen LogP) is 9.33. The first kappa shape index (κ1) is 22.2. The smallest absolute Gasteiger partial charge is 0.166 e. The second-order valence-corrected chi connectivity index (χ2v) is 16.0. The van der Waals surface area contributed by atoms with Gasteiger partial charge >= 0.3 is 6.18 Å². The van der Waals surface area contributed by atoms with Crippen molar-refractivity contribution >= 4 is 46.0 Å². The Labute approximate surface area is 203 Å². The van der Waals surface area contributed by atoms with Crippen LogP contribution < -0.4 is 0 Å². The van der Waals surface area contributed by atoms with E-state index in [1.165, 1.54) is 28.3 Å². The van der Waals surface area contributed by atoms with E-state index in [9.17, 15) is 13.2 Å². The first-order chi connectivity index (χ1) is 15.0. The van der Waals surface area contributed by atoms with Crippen molar-refractivity contribution in [2.45, 2.75) is 37.3 Å². The fourth-order valence-electron chi connectivity index (χ4n) is 5.96. The quantitative estimate of drug-likeness (QED) is 0.266. The molecule has 0 bridgehead atoms. The predicted molar refractivity (Wildman–Crippen MR) is 134 cm³/mol. The van der Waals surface area contributed by atoms with Gasteiger partial charge < -0.3 is 0 Å². The highest BCUT2D eigenvalue weighted by atomic mass is 79.9. The zero-order valence-corrected chi connectivity index (χ0v) is 22.0. The SMILES string of the molecule is CC1=Cc2c(cccc2C(F)(F)F)C1[Si](C)(C)C1c2cc(Br)ccc2-c2ccc(Br)cc21. The molecule has 0 aliphatic heterocycles. The molecule has 0 N–H and O–H groups in total. The number of fused-ring (bicyclic) bond motifs is 4. The number of rotatable bonds is 2. The molecule has 164 valence electrons. The first-order valence-electron chi connectivity index (χ1n) is 10.5. The number of halogens is 5. The topological polar surface area (TPSA) is 0 Å². The van der Waals surface area contributed by atoms with Crippen LogP contribution in [0.2, 0.25) is 13.1 Å². The maximum Gasteiger partial charge on any atom is 0.416 e. The maximum atomic E-state index is 13.7. The average Bonchev–Trinajstić information content (AvgIpc) is 3.20. The largest absolute Gasteiger partial charge is 0.416 e. The second-order valence-electron chi connectivity index (χ2n) is 9.35. The lowest BCUT2D eigenvalue weighted by Gasteiger charge is -2.38. The molecule has 3 aromatic rings. The summed E-state index contributed by atoms with van der Waals surface area (Å²) in [6.07, 6.45) is -2.58. The van der Waals surface area contributed by atoms with Crippen molar-refractivity contribution in [3.05, 3.63) is 96.9 Å². The summed E-state index contributed by atoms with van der Waals surface area (Å²) in [5, 5.41) is 0. The molecule has 5 rings (SSSR count). The minimum absolute atomic E-state index is 0.0153. The Bertz CT molecular complexity index is 1240. The number of hydrogen-bond donors (Lipinski definition) is 0. The summed E-state index contributed by atoms with van der Waals surface area (Å²) < 4.78 is 43.3. The Balaban J connectivity index is 1.72. The third-order valence-electron chi connectivity index (χ3n) is 7.01. The van der Waals surface area contributed by atoms with E-state index in [0.717, 1.165) is 20.1 Å². The van der Waals surface area contributed by atoms with Gasteiger partial charge in [0.2, 0.25) is 0 Å². The van der Waals surface area contributed by atoms with Crippen LogP contribution in [0.15, 0.2) is 69.1 Å². The van der Waals surface area contributed by atoms with E-state index in [-0.39, 0.29) is 11.1 Å². The van der Waals surface area contributed by atoms with Gasteiger partial charge in [0.1, 0.15) is 0 Å². The molecular formula is C26H21Br2F3Si. The van der Waals surface area contributed by atoms with E-state index < -0.39 is 19.8 Å². The van der Waals surface area contributed by atoms with Crippen LogP contribution in [0.5, 0.6) is 0 Å². The van der Waals surface area contributed by atoms with Crippen LogP contribution in [0.1, 0.15) is 45.8 Å². The van der Waals surface area contributed by atoms with Gasteiger partial charge in [-0.2, -0.15) is 13.2 Å². The van der Waals surface area contributed by atoms with Crippen molar-refractivity contribution in [2.24, 2.45) is 0 Å². The molecule has 0 amide bonds. The molecule has 2 aliphatic rings. The molecule has 0 saturated carbocycles. The van der Waals surface area contributed by atoms with E-state index in [0.29, 0.717) is 5.56 Å². The van der Waals surface area contributed by atoms with Crippen LogP contribution >= 0.6 is 31.9 Å². The monoisotopic (exact) mass is 576 g/mol. The lowest BCUT2D eigenvalue weighted by molar-refractivity contribution is -0.137. The van der Waals surface area contributed by atoms with Gasteiger partial charge in [0.05, 0.1) is 13.6 Å². The van der Waals surface area contributed by atoms with Crippen molar-refractivity contribution in [1.82, 2.24) is 0 Å². The van der Waals surface area contributed by atoms with Gasteiger partial charge in [-0.05, 0) is 70.6 Å². The number of benzene rings is 3. The molecule has 1 unspecified atom stereocenters. The Morgan fingerprint density at radius 1 is 0.781 bits per heavy atom. The normalized spacial score (nSPS) is 17.8. The van der Waals surface area contributed by atoms with Crippen molar-refractivity contribution in [2.75, 3.05) is 0 Å². The molecule has 0 radical (unpaired) electrons. The summed E-state index contributed by atoms with van der Waals surface area (Å²) in [4.78, 5) is 0. The molecule has 0 saturated heterocycles. The van der Waals surface area contributed by atoms with Gasteiger partial charge in [-0.15, -0.1) is 0 Å². The molecule has 0 aromatic heterocycles. The molecule has 0 heterocycles. The number of alkyl halides is 3. The van der Waals surface area contributed by atoms with E-state index in [1.807, 2.05) is 13.0 Å². The van der Waals surface area contributed by atoms with Crippen molar-refractivity contribution < 1.29 is 13.2 Å². The van der Waals surface area contributed by atoms with Crippen LogP contribution in [0.25, 0.3) is 17.2 Å². The third kappa shape index (κ3) is 3.29. The Kier molecular flexibility index (Phi) is 5.15. The summed E-state index contributed by atoms with van der Waals surface area (Å²) in [5.41, 5.74) is 6.88. The molecule has 0 nitrogen and oxygen atoms in total. The van der Waals surface area contributed by atoms with Gasteiger partial charge in [0.25, 0.3) is 0 Å². The highest BCUT2D eigenvalue weighted by molar-refractivity contribution is 9.10. The van der Waals surface area contributed by atoms with Crippen LogP contribution in [-0.2, 0) is 6.18 Å². The molecule has 6 heteroatoms. The first-order valence-corrected chi connectivity index (χ1v) is 15.2. The van der Waals surface area contributed by atoms with E-state index >= 15 is 0 Å². The molecule has 3 aromatic carbocycles. The van der Waals surface area contributed by atoms with Crippen LogP contribution in [0, 0.1) is 0 Å². The Morgan fingerprint density at radius 2 is 1.34 bits per heavy atom. The van der Waals surface area contributed by atoms with Crippen molar-refractivity contribution in [3.8, 4) is 11.1 Å². The molecule has 0 fully saturated rings. The van der Waals surface area contributed by atoms with Gasteiger partial charge in [-0.1, -0.05) is 80.9 Å². The summed E-state index contributed by atoms with van der Waals surface area (Å²) in [7, 11) is -2.26. The molecule has 2 aliphatic carbocycles. The van der Waals surface area contributed by atoms with Crippen molar-refractivity contribution in [1.29, 1.82) is 0 Å². The van der Waals surface area contributed by atoms with E-state index in [1.54, 1.807) is 12.1 Å². The van der Waals surface area contributed by atoms with E-state index in [4.69, 9.17) is 0 Å². The van der Waals surface area contributed by atoms with Crippen LogP contribution in [0.4, 0.5) is 13.2 Å². The molecule has 0 spiro atoms.